The van der Waals surface area contributed by atoms with Gasteiger partial charge in [-0.15, -0.1) is 0 Å². The van der Waals surface area contributed by atoms with Crippen LogP contribution in [0.15, 0.2) is 48.5 Å². The van der Waals surface area contributed by atoms with Gasteiger partial charge in [0.25, 0.3) is 0 Å². The molecule has 0 saturated heterocycles. The molecule has 0 unspecified atom stereocenters. The minimum absolute atomic E-state index is 0.436. The van der Waals surface area contributed by atoms with Crippen LogP contribution in [0.3, 0.4) is 0 Å². The summed E-state index contributed by atoms with van der Waals surface area (Å²) >= 11 is 0. The molecule has 3 heteroatoms. The van der Waals surface area contributed by atoms with Crippen LogP contribution in [-0.2, 0) is 13.2 Å². The number of hydrogen-bond donors (Lipinski definition) is 1. The summed E-state index contributed by atoms with van der Waals surface area (Å²) in [6.07, 6.45) is 0. The van der Waals surface area contributed by atoms with E-state index in [-0.39, 0.29) is 0 Å². The van der Waals surface area contributed by atoms with Crippen molar-refractivity contribution in [3.8, 4) is 11.5 Å². The Bertz CT molecular complexity index is 497. The van der Waals surface area contributed by atoms with E-state index in [1.54, 1.807) is 7.11 Å². The van der Waals surface area contributed by atoms with Crippen molar-refractivity contribution in [1.29, 1.82) is 0 Å². The molecule has 18 heavy (non-hydrogen) atoms. The van der Waals surface area contributed by atoms with E-state index in [0.29, 0.717) is 13.2 Å². The Morgan fingerprint density at radius 2 is 1.83 bits per heavy atom. The molecule has 0 saturated carbocycles. The summed E-state index contributed by atoms with van der Waals surface area (Å²) in [5, 5.41) is 0. The van der Waals surface area contributed by atoms with Crippen LogP contribution in [0.4, 0.5) is 0 Å². The lowest BCUT2D eigenvalue weighted by atomic mass is 10.2. The molecule has 0 spiro atoms. The number of hydrogen-bond acceptors (Lipinski definition) is 3. The predicted molar refractivity (Wildman–Crippen MR) is 71.7 cm³/mol. The van der Waals surface area contributed by atoms with Crippen molar-refractivity contribution in [2.75, 3.05) is 7.11 Å². The van der Waals surface area contributed by atoms with Gasteiger partial charge in [0, 0.05) is 12.1 Å². The zero-order valence-electron chi connectivity index (χ0n) is 10.4. The summed E-state index contributed by atoms with van der Waals surface area (Å²) in [6, 6.07) is 15.7. The molecule has 0 aromatic heterocycles. The van der Waals surface area contributed by atoms with Gasteiger partial charge >= 0.3 is 0 Å². The fourth-order valence-electron chi connectivity index (χ4n) is 1.75. The van der Waals surface area contributed by atoms with E-state index < -0.39 is 0 Å². The van der Waals surface area contributed by atoms with Gasteiger partial charge in [0.05, 0.1) is 7.11 Å². The molecule has 0 aliphatic carbocycles. The second kappa shape index (κ2) is 6.07. The predicted octanol–water partition coefficient (Wildman–Crippen LogP) is 2.73. The first-order valence-electron chi connectivity index (χ1n) is 5.87. The minimum atomic E-state index is 0.436. The fraction of sp³-hybridized carbons (Fsp3) is 0.200. The molecular formula is C15H17NO2. The van der Waals surface area contributed by atoms with Gasteiger partial charge in [-0.25, -0.2) is 0 Å². The number of methoxy groups -OCH3 is 1. The molecule has 0 aliphatic rings. The lowest BCUT2D eigenvalue weighted by molar-refractivity contribution is 0.305. The number of ether oxygens (including phenoxy) is 2. The highest BCUT2D eigenvalue weighted by molar-refractivity contribution is 5.40. The Hall–Kier alpha value is -2.00. The average Bonchev–Trinajstić information content (AvgIpc) is 2.45. The van der Waals surface area contributed by atoms with E-state index in [2.05, 4.69) is 0 Å². The highest BCUT2D eigenvalue weighted by Gasteiger charge is 2.03. The smallest absolute Gasteiger partial charge is 0.123 e. The molecule has 0 fully saturated rings. The third-order valence-corrected chi connectivity index (χ3v) is 2.72. The highest BCUT2D eigenvalue weighted by Crippen LogP contribution is 2.24. The van der Waals surface area contributed by atoms with Gasteiger partial charge in [-0.05, 0) is 23.8 Å². The van der Waals surface area contributed by atoms with Crippen LogP contribution in [0.1, 0.15) is 11.1 Å². The lowest BCUT2D eigenvalue weighted by Crippen LogP contribution is -2.01. The molecule has 0 radical (unpaired) electrons. The topological polar surface area (TPSA) is 44.5 Å². The monoisotopic (exact) mass is 243 g/mol. The molecule has 94 valence electrons. The summed E-state index contributed by atoms with van der Waals surface area (Å²) in [7, 11) is 1.64. The van der Waals surface area contributed by atoms with Crippen LogP contribution >= 0.6 is 0 Å². The molecule has 2 aromatic rings. The van der Waals surface area contributed by atoms with Gasteiger partial charge in [-0.2, -0.15) is 0 Å². The van der Waals surface area contributed by atoms with Crippen LogP contribution in [0, 0.1) is 0 Å². The second-order valence-electron chi connectivity index (χ2n) is 3.95. The first kappa shape index (κ1) is 12.5. The SMILES string of the molecule is COc1ccc(OCc2ccccc2)cc1CN. The summed E-state index contributed by atoms with van der Waals surface area (Å²) in [5.74, 6) is 1.60. The summed E-state index contributed by atoms with van der Waals surface area (Å²) in [4.78, 5) is 0. The Balaban J connectivity index is 2.06. The number of benzene rings is 2. The molecule has 0 bridgehead atoms. The van der Waals surface area contributed by atoms with Crippen LogP contribution in [0.25, 0.3) is 0 Å². The molecule has 3 nitrogen and oxygen atoms in total. The van der Waals surface area contributed by atoms with Crippen LogP contribution in [-0.4, -0.2) is 7.11 Å². The second-order valence-corrected chi connectivity index (χ2v) is 3.95. The van der Waals surface area contributed by atoms with Gasteiger partial charge in [0.15, 0.2) is 0 Å². The van der Waals surface area contributed by atoms with Crippen molar-refractivity contribution in [3.63, 3.8) is 0 Å². The van der Waals surface area contributed by atoms with Crippen molar-refractivity contribution >= 4 is 0 Å². The molecular weight excluding hydrogens is 226 g/mol. The Morgan fingerprint density at radius 3 is 2.50 bits per heavy atom. The van der Waals surface area contributed by atoms with E-state index in [1.807, 2.05) is 48.5 Å². The van der Waals surface area contributed by atoms with Crippen LogP contribution in [0.5, 0.6) is 11.5 Å². The van der Waals surface area contributed by atoms with Crippen molar-refractivity contribution in [2.24, 2.45) is 5.73 Å². The zero-order chi connectivity index (χ0) is 12.8. The van der Waals surface area contributed by atoms with Gasteiger partial charge in [0.2, 0.25) is 0 Å². The normalized spacial score (nSPS) is 10.1. The molecule has 2 N–H and O–H groups in total. The quantitative estimate of drug-likeness (QED) is 0.878. The first-order chi connectivity index (χ1) is 8.83. The Kier molecular flexibility index (Phi) is 4.20. The number of nitrogens with two attached hydrogens (primary N) is 1. The average molecular weight is 243 g/mol. The van der Waals surface area contributed by atoms with E-state index in [9.17, 15) is 0 Å². The minimum Gasteiger partial charge on any atom is -0.496 e. The summed E-state index contributed by atoms with van der Waals surface area (Å²) < 4.78 is 10.9. The van der Waals surface area contributed by atoms with E-state index in [4.69, 9.17) is 15.2 Å². The molecule has 2 aromatic carbocycles. The van der Waals surface area contributed by atoms with Gasteiger partial charge < -0.3 is 15.2 Å². The van der Waals surface area contributed by atoms with Crippen molar-refractivity contribution < 1.29 is 9.47 Å². The maximum atomic E-state index is 5.72. The van der Waals surface area contributed by atoms with Gasteiger partial charge in [-0.3, -0.25) is 0 Å². The Morgan fingerprint density at radius 1 is 1.06 bits per heavy atom. The zero-order valence-corrected chi connectivity index (χ0v) is 10.4. The molecule has 0 amide bonds. The maximum Gasteiger partial charge on any atom is 0.123 e. The lowest BCUT2D eigenvalue weighted by Gasteiger charge is -2.10. The van der Waals surface area contributed by atoms with Gasteiger partial charge in [-0.1, -0.05) is 30.3 Å². The van der Waals surface area contributed by atoms with E-state index >= 15 is 0 Å². The van der Waals surface area contributed by atoms with Crippen molar-refractivity contribution in [3.05, 3.63) is 59.7 Å². The first-order valence-corrected chi connectivity index (χ1v) is 5.87. The van der Waals surface area contributed by atoms with Crippen LogP contribution < -0.4 is 15.2 Å². The number of rotatable bonds is 5. The molecule has 0 heterocycles. The van der Waals surface area contributed by atoms with Crippen molar-refractivity contribution in [2.45, 2.75) is 13.2 Å². The molecule has 2 rings (SSSR count). The van der Waals surface area contributed by atoms with Crippen LogP contribution in [0.2, 0.25) is 0 Å². The van der Waals surface area contributed by atoms with E-state index in [1.165, 1.54) is 0 Å². The molecule has 0 atom stereocenters. The summed E-state index contributed by atoms with van der Waals surface area (Å²) in [6.45, 7) is 0.989. The maximum absolute atomic E-state index is 5.72. The third kappa shape index (κ3) is 3.02. The largest absolute Gasteiger partial charge is 0.496 e. The highest BCUT2D eigenvalue weighted by atomic mass is 16.5. The molecule has 0 aliphatic heterocycles. The fourth-order valence-corrected chi connectivity index (χ4v) is 1.75. The standard InChI is InChI=1S/C15H17NO2/c1-17-15-8-7-14(9-13(15)10-16)18-11-12-5-3-2-4-6-12/h2-9H,10-11,16H2,1H3. The van der Waals surface area contributed by atoms with Crippen molar-refractivity contribution in [1.82, 2.24) is 0 Å². The van der Waals surface area contributed by atoms with Gasteiger partial charge in [0.1, 0.15) is 18.1 Å². The third-order valence-electron chi connectivity index (χ3n) is 2.72. The van der Waals surface area contributed by atoms with E-state index in [0.717, 1.165) is 22.6 Å². The Labute approximate surface area is 107 Å². The summed E-state index contributed by atoms with van der Waals surface area (Å²) in [5.41, 5.74) is 7.76.